The molecule has 0 spiro atoms. The van der Waals surface area contributed by atoms with Crippen LogP contribution in [0.5, 0.6) is 0 Å². The lowest BCUT2D eigenvalue weighted by Gasteiger charge is -2.13. The van der Waals surface area contributed by atoms with E-state index in [2.05, 4.69) is 5.32 Å². The van der Waals surface area contributed by atoms with Gasteiger partial charge in [0, 0.05) is 20.2 Å². The van der Waals surface area contributed by atoms with Gasteiger partial charge in [0.2, 0.25) is 5.91 Å². The largest absolute Gasteiger partial charge is 0.481 e. The SMILES string of the molecule is COC(CN)CC(=O)NCc1ccccc1CC(=O)O. The van der Waals surface area contributed by atoms with Crippen LogP contribution in [-0.4, -0.2) is 36.7 Å². The minimum absolute atomic E-state index is 0.0600. The monoisotopic (exact) mass is 280 g/mol. The molecule has 1 atom stereocenters. The summed E-state index contributed by atoms with van der Waals surface area (Å²) in [5.41, 5.74) is 6.94. The molecule has 0 bridgehead atoms. The topological polar surface area (TPSA) is 102 Å². The molecule has 4 N–H and O–H groups in total. The zero-order valence-electron chi connectivity index (χ0n) is 11.5. The van der Waals surface area contributed by atoms with Gasteiger partial charge in [-0.1, -0.05) is 24.3 Å². The molecule has 1 aromatic rings. The average Bonchev–Trinajstić information content (AvgIpc) is 2.43. The number of amides is 1. The molecule has 0 radical (unpaired) electrons. The Hall–Kier alpha value is -1.92. The third kappa shape index (κ3) is 5.38. The quantitative estimate of drug-likeness (QED) is 0.635. The van der Waals surface area contributed by atoms with E-state index >= 15 is 0 Å². The van der Waals surface area contributed by atoms with Gasteiger partial charge in [-0.15, -0.1) is 0 Å². The Morgan fingerprint density at radius 2 is 2.00 bits per heavy atom. The number of methoxy groups -OCH3 is 1. The number of nitrogens with one attached hydrogen (secondary N) is 1. The molecule has 0 aliphatic rings. The van der Waals surface area contributed by atoms with Crippen molar-refractivity contribution in [2.75, 3.05) is 13.7 Å². The van der Waals surface area contributed by atoms with Crippen molar-refractivity contribution in [2.45, 2.75) is 25.5 Å². The normalized spacial score (nSPS) is 11.9. The van der Waals surface area contributed by atoms with Crippen LogP contribution in [0.2, 0.25) is 0 Å². The molecular weight excluding hydrogens is 260 g/mol. The number of carbonyl (C=O) groups is 2. The Morgan fingerprint density at radius 1 is 1.35 bits per heavy atom. The number of carboxylic acids is 1. The molecule has 1 unspecified atom stereocenters. The van der Waals surface area contributed by atoms with Crippen molar-refractivity contribution in [3.05, 3.63) is 35.4 Å². The summed E-state index contributed by atoms with van der Waals surface area (Å²) in [5.74, 6) is -1.07. The second-order valence-electron chi connectivity index (χ2n) is 4.41. The minimum atomic E-state index is -0.897. The highest BCUT2D eigenvalue weighted by molar-refractivity contribution is 5.76. The highest BCUT2D eigenvalue weighted by Crippen LogP contribution is 2.09. The second kappa shape index (κ2) is 8.29. The Balaban J connectivity index is 2.57. The van der Waals surface area contributed by atoms with Crippen LogP contribution in [0.3, 0.4) is 0 Å². The van der Waals surface area contributed by atoms with Crippen LogP contribution in [0.25, 0.3) is 0 Å². The molecular formula is C14H20N2O4. The summed E-state index contributed by atoms with van der Waals surface area (Å²) in [6, 6.07) is 7.13. The lowest BCUT2D eigenvalue weighted by Crippen LogP contribution is -2.32. The molecule has 1 aromatic carbocycles. The Morgan fingerprint density at radius 3 is 2.55 bits per heavy atom. The van der Waals surface area contributed by atoms with Crippen molar-refractivity contribution in [3.8, 4) is 0 Å². The second-order valence-corrected chi connectivity index (χ2v) is 4.41. The van der Waals surface area contributed by atoms with E-state index < -0.39 is 5.97 Å². The third-order valence-corrected chi connectivity index (χ3v) is 2.95. The van der Waals surface area contributed by atoms with E-state index in [0.717, 1.165) is 5.56 Å². The van der Waals surface area contributed by atoms with Crippen molar-refractivity contribution < 1.29 is 19.4 Å². The van der Waals surface area contributed by atoms with E-state index in [1.54, 1.807) is 18.2 Å². The highest BCUT2D eigenvalue weighted by atomic mass is 16.5. The standard InChI is InChI=1S/C14H20N2O4/c1-20-12(8-15)7-13(17)16-9-11-5-3-2-4-10(11)6-14(18)19/h2-5,12H,6-9,15H2,1H3,(H,16,17)(H,18,19). The lowest BCUT2D eigenvalue weighted by molar-refractivity contribution is -0.136. The molecule has 1 amide bonds. The van der Waals surface area contributed by atoms with Crippen LogP contribution in [0.1, 0.15) is 17.5 Å². The average molecular weight is 280 g/mol. The number of aliphatic carboxylic acids is 1. The third-order valence-electron chi connectivity index (χ3n) is 2.95. The number of carbonyl (C=O) groups excluding carboxylic acids is 1. The number of benzene rings is 1. The number of hydrogen-bond acceptors (Lipinski definition) is 4. The summed E-state index contributed by atoms with van der Waals surface area (Å²) in [4.78, 5) is 22.5. The first-order valence-electron chi connectivity index (χ1n) is 6.35. The van der Waals surface area contributed by atoms with Gasteiger partial charge in [0.05, 0.1) is 18.9 Å². The van der Waals surface area contributed by atoms with Gasteiger partial charge in [-0.2, -0.15) is 0 Å². The van der Waals surface area contributed by atoms with Gasteiger partial charge < -0.3 is 20.9 Å². The van der Waals surface area contributed by atoms with Crippen molar-refractivity contribution in [3.63, 3.8) is 0 Å². The number of rotatable bonds is 8. The van der Waals surface area contributed by atoms with Gasteiger partial charge in [0.1, 0.15) is 0 Å². The van der Waals surface area contributed by atoms with E-state index in [1.807, 2.05) is 6.07 Å². The maximum absolute atomic E-state index is 11.7. The van der Waals surface area contributed by atoms with Gasteiger partial charge >= 0.3 is 5.97 Å². The van der Waals surface area contributed by atoms with Crippen molar-refractivity contribution >= 4 is 11.9 Å². The predicted octanol–water partition coefficient (Wildman–Crippen LogP) is 0.294. The smallest absolute Gasteiger partial charge is 0.307 e. The fourth-order valence-corrected chi connectivity index (χ4v) is 1.80. The predicted molar refractivity (Wildman–Crippen MR) is 74.1 cm³/mol. The van der Waals surface area contributed by atoms with E-state index in [4.69, 9.17) is 15.6 Å². The fraction of sp³-hybridized carbons (Fsp3) is 0.429. The van der Waals surface area contributed by atoms with E-state index in [-0.39, 0.29) is 31.4 Å². The zero-order chi connectivity index (χ0) is 15.0. The number of ether oxygens (including phenoxy) is 1. The summed E-state index contributed by atoms with van der Waals surface area (Å²) < 4.78 is 5.03. The molecule has 0 aromatic heterocycles. The lowest BCUT2D eigenvalue weighted by atomic mass is 10.0. The molecule has 110 valence electrons. The van der Waals surface area contributed by atoms with Gasteiger partial charge in [-0.3, -0.25) is 9.59 Å². The maximum Gasteiger partial charge on any atom is 0.307 e. The van der Waals surface area contributed by atoms with Gasteiger partial charge in [-0.05, 0) is 11.1 Å². The number of nitrogens with two attached hydrogens (primary N) is 1. The number of hydrogen-bond donors (Lipinski definition) is 3. The van der Waals surface area contributed by atoms with E-state index in [1.165, 1.54) is 7.11 Å². The van der Waals surface area contributed by atoms with Crippen molar-refractivity contribution in [2.24, 2.45) is 5.73 Å². The zero-order valence-corrected chi connectivity index (χ0v) is 11.5. The van der Waals surface area contributed by atoms with Crippen LogP contribution in [0.15, 0.2) is 24.3 Å². The van der Waals surface area contributed by atoms with Gasteiger partial charge in [0.25, 0.3) is 0 Å². The Labute approximate surface area is 117 Å². The first kappa shape index (κ1) is 16.1. The summed E-state index contributed by atoms with van der Waals surface area (Å²) in [5, 5.41) is 11.6. The molecule has 0 saturated carbocycles. The Kier molecular flexibility index (Phi) is 6.69. The van der Waals surface area contributed by atoms with Crippen LogP contribution < -0.4 is 11.1 Å². The Bertz CT molecular complexity index is 458. The highest BCUT2D eigenvalue weighted by Gasteiger charge is 2.12. The fourth-order valence-electron chi connectivity index (χ4n) is 1.80. The molecule has 0 saturated heterocycles. The van der Waals surface area contributed by atoms with Crippen LogP contribution in [0, 0.1) is 0 Å². The van der Waals surface area contributed by atoms with E-state index in [9.17, 15) is 9.59 Å². The van der Waals surface area contributed by atoms with Gasteiger partial charge in [0.15, 0.2) is 0 Å². The summed E-state index contributed by atoms with van der Waals surface area (Å²) in [7, 11) is 1.51. The molecule has 6 heteroatoms. The molecule has 0 aliphatic carbocycles. The van der Waals surface area contributed by atoms with Crippen LogP contribution in [-0.2, 0) is 27.3 Å². The van der Waals surface area contributed by atoms with Gasteiger partial charge in [-0.25, -0.2) is 0 Å². The summed E-state index contributed by atoms with van der Waals surface area (Å²) >= 11 is 0. The van der Waals surface area contributed by atoms with Crippen LogP contribution in [0.4, 0.5) is 0 Å². The van der Waals surface area contributed by atoms with Crippen LogP contribution >= 0.6 is 0 Å². The van der Waals surface area contributed by atoms with Crippen molar-refractivity contribution in [1.82, 2.24) is 5.32 Å². The molecule has 20 heavy (non-hydrogen) atoms. The summed E-state index contributed by atoms with van der Waals surface area (Å²) in [6.07, 6.45) is -0.173. The molecule has 0 heterocycles. The summed E-state index contributed by atoms with van der Waals surface area (Å²) in [6.45, 7) is 0.572. The molecule has 6 nitrogen and oxygen atoms in total. The molecule has 0 fully saturated rings. The minimum Gasteiger partial charge on any atom is -0.481 e. The number of carboxylic acid groups (broad SMARTS) is 1. The molecule has 1 rings (SSSR count). The van der Waals surface area contributed by atoms with Crippen molar-refractivity contribution in [1.29, 1.82) is 0 Å². The first-order chi connectivity index (χ1) is 9.56. The molecule has 0 aliphatic heterocycles. The maximum atomic E-state index is 11.7. The van der Waals surface area contributed by atoms with E-state index in [0.29, 0.717) is 12.1 Å². The first-order valence-corrected chi connectivity index (χ1v) is 6.35.